The number of hydrogen-bond donors (Lipinski definition) is 2. The molecule has 1 rings (SSSR count). The van der Waals surface area contributed by atoms with Gasteiger partial charge in [0.15, 0.2) is 11.5 Å². The van der Waals surface area contributed by atoms with Crippen LogP contribution < -0.4 is 14.8 Å². The fourth-order valence-corrected chi connectivity index (χ4v) is 1.94. The third-order valence-corrected chi connectivity index (χ3v) is 2.74. The van der Waals surface area contributed by atoms with Crippen LogP contribution in [0.4, 0.5) is 0 Å². The summed E-state index contributed by atoms with van der Waals surface area (Å²) in [6, 6.07) is 3.56. The van der Waals surface area contributed by atoms with Crippen molar-refractivity contribution in [3.8, 4) is 11.5 Å². The number of nitrogens with one attached hydrogen (secondary N) is 1. The zero-order valence-electron chi connectivity index (χ0n) is 11.7. The molecule has 0 amide bonds. The fourth-order valence-electron chi connectivity index (χ4n) is 1.71. The van der Waals surface area contributed by atoms with Gasteiger partial charge in [0.25, 0.3) is 0 Å². The molecule has 0 radical (unpaired) electrons. The summed E-state index contributed by atoms with van der Waals surface area (Å²) in [6.07, 6.45) is 0. The van der Waals surface area contributed by atoms with Crippen LogP contribution in [-0.4, -0.2) is 32.0 Å². The monoisotopic (exact) mass is 287 g/mol. The Kier molecular flexibility index (Phi) is 6.99. The molecule has 0 atom stereocenters. The van der Waals surface area contributed by atoms with Crippen LogP contribution in [0.3, 0.4) is 0 Å². The maximum absolute atomic E-state index is 8.88. The lowest BCUT2D eigenvalue weighted by molar-refractivity contribution is 0.195. The number of aliphatic hydroxyl groups is 1. The predicted molar refractivity (Wildman–Crippen MR) is 77.1 cm³/mol. The molecule has 0 unspecified atom stereocenters. The summed E-state index contributed by atoms with van der Waals surface area (Å²) in [5.41, 5.74) is 0.929. The molecule has 0 spiro atoms. The fraction of sp³-hybridized carbons (Fsp3) is 0.571. The minimum Gasteiger partial charge on any atom is -0.493 e. The van der Waals surface area contributed by atoms with Gasteiger partial charge < -0.3 is 19.9 Å². The van der Waals surface area contributed by atoms with E-state index in [9.17, 15) is 0 Å². The molecule has 5 heteroatoms. The summed E-state index contributed by atoms with van der Waals surface area (Å²) in [7, 11) is 1.57. The lowest BCUT2D eigenvalue weighted by atomic mass is 10.1. The third-order valence-electron chi connectivity index (χ3n) is 2.52. The average Bonchev–Trinajstić information content (AvgIpc) is 2.36. The molecule has 0 saturated heterocycles. The lowest BCUT2D eigenvalue weighted by Crippen LogP contribution is -2.19. The summed E-state index contributed by atoms with van der Waals surface area (Å²) < 4.78 is 10.8. The first-order valence-electron chi connectivity index (χ1n) is 6.39. The number of ether oxygens (including phenoxy) is 2. The van der Waals surface area contributed by atoms with Crippen molar-refractivity contribution in [3.63, 3.8) is 0 Å². The second-order valence-corrected chi connectivity index (χ2v) is 5.13. The maximum atomic E-state index is 8.88. The van der Waals surface area contributed by atoms with Crippen molar-refractivity contribution < 1.29 is 14.6 Å². The maximum Gasteiger partial charge on any atom is 0.165 e. The number of halogens is 1. The smallest absolute Gasteiger partial charge is 0.165 e. The van der Waals surface area contributed by atoms with Gasteiger partial charge in [-0.05, 0) is 18.5 Å². The summed E-state index contributed by atoms with van der Waals surface area (Å²) in [5.74, 6) is 1.79. The minimum atomic E-state index is -0.0371. The van der Waals surface area contributed by atoms with Crippen LogP contribution in [0.15, 0.2) is 12.1 Å². The van der Waals surface area contributed by atoms with E-state index in [1.807, 2.05) is 6.07 Å². The first-order chi connectivity index (χ1) is 9.08. The van der Waals surface area contributed by atoms with Crippen LogP contribution in [0.1, 0.15) is 19.4 Å². The first kappa shape index (κ1) is 16.1. The molecule has 0 fully saturated rings. The molecule has 108 valence electrons. The van der Waals surface area contributed by atoms with E-state index in [2.05, 4.69) is 19.2 Å². The highest BCUT2D eigenvalue weighted by Gasteiger charge is 2.12. The minimum absolute atomic E-state index is 0.0371. The highest BCUT2D eigenvalue weighted by molar-refractivity contribution is 6.30. The van der Waals surface area contributed by atoms with Gasteiger partial charge in [0.1, 0.15) is 6.61 Å². The predicted octanol–water partition coefficient (Wildman–Crippen LogP) is 2.47. The molecule has 0 aliphatic rings. The Bertz CT molecular complexity index is 397. The van der Waals surface area contributed by atoms with Crippen molar-refractivity contribution in [3.05, 3.63) is 22.7 Å². The van der Waals surface area contributed by atoms with Crippen LogP contribution in [0.2, 0.25) is 5.02 Å². The van der Waals surface area contributed by atoms with Crippen molar-refractivity contribution in [2.45, 2.75) is 20.4 Å². The standard InChI is InChI=1S/C14H22ClNO3/c1-10(2)8-16-9-11-6-12(15)7-13(18-3)14(11)19-5-4-17/h6-7,10,16-17H,4-5,8-9H2,1-3H3. The van der Waals surface area contributed by atoms with Crippen LogP contribution in [-0.2, 0) is 6.54 Å². The molecular formula is C14H22ClNO3. The number of rotatable bonds is 8. The van der Waals surface area contributed by atoms with E-state index in [0.29, 0.717) is 29.0 Å². The zero-order chi connectivity index (χ0) is 14.3. The Morgan fingerprint density at radius 2 is 2.11 bits per heavy atom. The molecule has 4 nitrogen and oxygen atoms in total. The van der Waals surface area contributed by atoms with Gasteiger partial charge in [-0.3, -0.25) is 0 Å². The molecule has 1 aromatic carbocycles. The van der Waals surface area contributed by atoms with Crippen LogP contribution in [0, 0.1) is 5.92 Å². The summed E-state index contributed by atoms with van der Waals surface area (Å²) in [6.45, 7) is 6.05. The number of methoxy groups -OCH3 is 1. The Morgan fingerprint density at radius 3 is 2.68 bits per heavy atom. The van der Waals surface area contributed by atoms with E-state index in [4.69, 9.17) is 26.2 Å². The van der Waals surface area contributed by atoms with E-state index in [-0.39, 0.29) is 13.2 Å². The van der Waals surface area contributed by atoms with E-state index in [1.54, 1.807) is 13.2 Å². The number of aliphatic hydroxyl groups excluding tert-OH is 1. The van der Waals surface area contributed by atoms with Gasteiger partial charge >= 0.3 is 0 Å². The first-order valence-corrected chi connectivity index (χ1v) is 6.77. The molecule has 0 bridgehead atoms. The summed E-state index contributed by atoms with van der Waals surface area (Å²) in [4.78, 5) is 0. The van der Waals surface area contributed by atoms with Gasteiger partial charge in [-0.1, -0.05) is 25.4 Å². The second-order valence-electron chi connectivity index (χ2n) is 4.69. The normalized spacial score (nSPS) is 10.8. The van der Waals surface area contributed by atoms with Gasteiger partial charge in [-0.25, -0.2) is 0 Å². The van der Waals surface area contributed by atoms with Crippen LogP contribution >= 0.6 is 11.6 Å². The Hall–Kier alpha value is -0.970. The summed E-state index contributed by atoms with van der Waals surface area (Å²) >= 11 is 6.06. The molecule has 0 saturated carbocycles. The lowest BCUT2D eigenvalue weighted by Gasteiger charge is -2.16. The molecule has 1 aromatic rings. The van der Waals surface area contributed by atoms with E-state index >= 15 is 0 Å². The Balaban J connectivity index is 2.88. The number of hydrogen-bond acceptors (Lipinski definition) is 4. The molecule has 0 aromatic heterocycles. The second kappa shape index (κ2) is 8.25. The molecule has 0 aliphatic carbocycles. The summed E-state index contributed by atoms with van der Waals surface area (Å²) in [5, 5.41) is 12.8. The van der Waals surface area contributed by atoms with E-state index in [1.165, 1.54) is 0 Å². The Morgan fingerprint density at radius 1 is 1.37 bits per heavy atom. The number of benzene rings is 1. The highest BCUT2D eigenvalue weighted by atomic mass is 35.5. The van der Waals surface area contributed by atoms with E-state index in [0.717, 1.165) is 12.1 Å². The quantitative estimate of drug-likeness (QED) is 0.771. The van der Waals surface area contributed by atoms with Crippen molar-refractivity contribution in [2.75, 3.05) is 26.9 Å². The van der Waals surface area contributed by atoms with Crippen molar-refractivity contribution in [1.82, 2.24) is 5.32 Å². The molecule has 0 aliphatic heterocycles. The van der Waals surface area contributed by atoms with Gasteiger partial charge in [0.2, 0.25) is 0 Å². The van der Waals surface area contributed by atoms with Gasteiger partial charge in [-0.2, -0.15) is 0 Å². The van der Waals surface area contributed by atoms with Gasteiger partial charge in [-0.15, -0.1) is 0 Å². The average molecular weight is 288 g/mol. The van der Waals surface area contributed by atoms with Crippen LogP contribution in [0.25, 0.3) is 0 Å². The van der Waals surface area contributed by atoms with Gasteiger partial charge in [0.05, 0.1) is 13.7 Å². The molecule has 19 heavy (non-hydrogen) atoms. The Labute approximate surface area is 119 Å². The zero-order valence-corrected chi connectivity index (χ0v) is 12.5. The molecular weight excluding hydrogens is 266 g/mol. The van der Waals surface area contributed by atoms with Crippen molar-refractivity contribution >= 4 is 11.6 Å². The SMILES string of the molecule is COc1cc(Cl)cc(CNCC(C)C)c1OCCO. The van der Waals surface area contributed by atoms with Crippen molar-refractivity contribution in [1.29, 1.82) is 0 Å². The largest absolute Gasteiger partial charge is 0.493 e. The molecule has 0 heterocycles. The highest BCUT2D eigenvalue weighted by Crippen LogP contribution is 2.34. The topological polar surface area (TPSA) is 50.7 Å². The van der Waals surface area contributed by atoms with E-state index < -0.39 is 0 Å². The van der Waals surface area contributed by atoms with Crippen molar-refractivity contribution in [2.24, 2.45) is 5.92 Å². The molecule has 2 N–H and O–H groups in total. The van der Waals surface area contributed by atoms with Crippen LogP contribution in [0.5, 0.6) is 11.5 Å². The van der Waals surface area contributed by atoms with Gasteiger partial charge in [0, 0.05) is 23.2 Å². The third kappa shape index (κ3) is 5.27.